The highest BCUT2D eigenvalue weighted by molar-refractivity contribution is 6.09. The molecule has 1 aliphatic rings. The van der Waals surface area contributed by atoms with E-state index in [1.54, 1.807) is 0 Å². The maximum absolute atomic E-state index is 12.5. The Labute approximate surface area is 143 Å². The molecule has 0 N–H and O–H groups in total. The Hall–Kier alpha value is -2.67. The standard InChI is InChI=1S/C23H20O/c1-16-7-9-19(10-8-16)23(24)20-13-11-18(12-14-20)22-15-21(22)17-5-3-2-4-6-17/h2-14,21-22H,15H2,1H3/t21-,22?/m1/s1. The van der Waals surface area contributed by atoms with Gasteiger partial charge in [0.15, 0.2) is 5.78 Å². The maximum atomic E-state index is 12.5. The number of rotatable bonds is 4. The van der Waals surface area contributed by atoms with Crippen molar-refractivity contribution in [1.29, 1.82) is 0 Å². The molecular weight excluding hydrogens is 292 g/mol. The van der Waals surface area contributed by atoms with Crippen LogP contribution in [0.15, 0.2) is 78.9 Å². The Bertz CT molecular complexity index is 845. The summed E-state index contributed by atoms with van der Waals surface area (Å²) in [4.78, 5) is 12.5. The minimum absolute atomic E-state index is 0.0944. The summed E-state index contributed by atoms with van der Waals surface area (Å²) >= 11 is 0. The average molecular weight is 312 g/mol. The molecule has 118 valence electrons. The second-order valence-corrected chi connectivity index (χ2v) is 6.68. The first-order valence-electron chi connectivity index (χ1n) is 8.48. The predicted octanol–water partition coefficient (Wildman–Crippen LogP) is 5.50. The predicted molar refractivity (Wildman–Crippen MR) is 97.6 cm³/mol. The van der Waals surface area contributed by atoms with Gasteiger partial charge in [-0.1, -0.05) is 84.4 Å². The van der Waals surface area contributed by atoms with E-state index in [0.29, 0.717) is 11.8 Å². The van der Waals surface area contributed by atoms with Crippen molar-refractivity contribution in [3.63, 3.8) is 0 Å². The third kappa shape index (κ3) is 2.90. The first-order valence-corrected chi connectivity index (χ1v) is 8.48. The average Bonchev–Trinajstić information content (AvgIpc) is 3.43. The van der Waals surface area contributed by atoms with Gasteiger partial charge in [0.2, 0.25) is 0 Å². The van der Waals surface area contributed by atoms with E-state index in [1.165, 1.54) is 23.1 Å². The summed E-state index contributed by atoms with van der Waals surface area (Å²) in [5, 5.41) is 0. The smallest absolute Gasteiger partial charge is 0.193 e. The molecule has 0 radical (unpaired) electrons. The third-order valence-corrected chi connectivity index (χ3v) is 4.93. The van der Waals surface area contributed by atoms with Crippen molar-refractivity contribution < 1.29 is 4.79 Å². The van der Waals surface area contributed by atoms with Gasteiger partial charge < -0.3 is 0 Å². The molecule has 0 spiro atoms. The Morgan fingerprint density at radius 2 is 1.21 bits per heavy atom. The van der Waals surface area contributed by atoms with Crippen LogP contribution in [0.5, 0.6) is 0 Å². The van der Waals surface area contributed by atoms with Crippen LogP contribution in [0.3, 0.4) is 0 Å². The molecule has 1 unspecified atom stereocenters. The fraction of sp³-hybridized carbons (Fsp3) is 0.174. The Kier molecular flexibility index (Phi) is 3.78. The molecule has 3 aromatic carbocycles. The van der Waals surface area contributed by atoms with Crippen molar-refractivity contribution in [2.75, 3.05) is 0 Å². The van der Waals surface area contributed by atoms with Gasteiger partial charge >= 0.3 is 0 Å². The summed E-state index contributed by atoms with van der Waals surface area (Å²) in [5.41, 5.74) is 5.44. The number of benzene rings is 3. The summed E-state index contributed by atoms with van der Waals surface area (Å²) in [5.74, 6) is 1.32. The van der Waals surface area contributed by atoms with Crippen molar-refractivity contribution in [3.8, 4) is 0 Å². The fourth-order valence-corrected chi connectivity index (χ4v) is 3.39. The van der Waals surface area contributed by atoms with Gasteiger partial charge in [0, 0.05) is 11.1 Å². The van der Waals surface area contributed by atoms with Gasteiger partial charge in [-0.25, -0.2) is 0 Å². The topological polar surface area (TPSA) is 17.1 Å². The maximum Gasteiger partial charge on any atom is 0.193 e. The number of hydrogen-bond donors (Lipinski definition) is 0. The van der Waals surface area contributed by atoms with Gasteiger partial charge in [-0.3, -0.25) is 4.79 Å². The zero-order valence-corrected chi connectivity index (χ0v) is 13.8. The van der Waals surface area contributed by atoms with Crippen molar-refractivity contribution in [1.82, 2.24) is 0 Å². The highest BCUT2D eigenvalue weighted by Crippen LogP contribution is 2.54. The molecule has 1 fully saturated rings. The molecule has 0 aliphatic heterocycles. The lowest BCUT2D eigenvalue weighted by Gasteiger charge is -2.05. The fourth-order valence-electron chi connectivity index (χ4n) is 3.39. The molecule has 0 bridgehead atoms. The zero-order chi connectivity index (χ0) is 16.5. The van der Waals surface area contributed by atoms with Crippen LogP contribution in [0, 0.1) is 6.92 Å². The lowest BCUT2D eigenvalue weighted by molar-refractivity contribution is 0.103. The van der Waals surface area contributed by atoms with Gasteiger partial charge in [-0.15, -0.1) is 0 Å². The summed E-state index contributed by atoms with van der Waals surface area (Å²) in [6.07, 6.45) is 1.20. The van der Waals surface area contributed by atoms with Gasteiger partial charge in [0.1, 0.15) is 0 Å². The van der Waals surface area contributed by atoms with E-state index in [4.69, 9.17) is 0 Å². The van der Waals surface area contributed by atoms with E-state index in [9.17, 15) is 4.79 Å². The Balaban J connectivity index is 1.50. The molecule has 2 atom stereocenters. The minimum atomic E-state index is 0.0944. The Morgan fingerprint density at radius 3 is 1.79 bits per heavy atom. The van der Waals surface area contributed by atoms with Crippen LogP contribution >= 0.6 is 0 Å². The van der Waals surface area contributed by atoms with Crippen LogP contribution in [-0.4, -0.2) is 5.78 Å². The van der Waals surface area contributed by atoms with Gasteiger partial charge in [0.25, 0.3) is 0 Å². The van der Waals surface area contributed by atoms with Gasteiger partial charge in [0.05, 0.1) is 0 Å². The molecule has 4 rings (SSSR count). The molecule has 1 nitrogen and oxygen atoms in total. The summed E-state index contributed by atoms with van der Waals surface area (Å²) < 4.78 is 0. The van der Waals surface area contributed by atoms with Crippen LogP contribution < -0.4 is 0 Å². The molecule has 1 saturated carbocycles. The van der Waals surface area contributed by atoms with E-state index in [1.807, 2.05) is 43.3 Å². The van der Waals surface area contributed by atoms with Crippen LogP contribution in [0.2, 0.25) is 0 Å². The van der Waals surface area contributed by atoms with E-state index in [0.717, 1.165) is 11.1 Å². The molecular formula is C23H20O. The van der Waals surface area contributed by atoms with Crippen LogP contribution in [0.1, 0.15) is 50.9 Å². The number of hydrogen-bond acceptors (Lipinski definition) is 1. The molecule has 0 saturated heterocycles. The molecule has 1 heteroatoms. The molecule has 1 aliphatic carbocycles. The lowest BCUT2D eigenvalue weighted by atomic mass is 9.99. The minimum Gasteiger partial charge on any atom is -0.289 e. The van der Waals surface area contributed by atoms with Crippen LogP contribution in [-0.2, 0) is 0 Å². The Morgan fingerprint density at radius 1 is 0.708 bits per heavy atom. The molecule has 0 amide bonds. The largest absolute Gasteiger partial charge is 0.289 e. The number of aryl methyl sites for hydroxylation is 1. The normalized spacial score (nSPS) is 19.0. The molecule has 3 aromatic rings. The summed E-state index contributed by atoms with van der Waals surface area (Å²) in [7, 11) is 0. The van der Waals surface area contributed by atoms with Crippen molar-refractivity contribution in [2.24, 2.45) is 0 Å². The number of ketones is 1. The summed E-state index contributed by atoms with van der Waals surface area (Å²) in [6.45, 7) is 2.03. The highest BCUT2D eigenvalue weighted by atomic mass is 16.1. The summed E-state index contributed by atoms with van der Waals surface area (Å²) in [6, 6.07) is 26.6. The van der Waals surface area contributed by atoms with Gasteiger partial charge in [-0.2, -0.15) is 0 Å². The molecule has 24 heavy (non-hydrogen) atoms. The van der Waals surface area contributed by atoms with Gasteiger partial charge in [-0.05, 0) is 36.3 Å². The first kappa shape index (κ1) is 14.9. The number of carbonyl (C=O) groups is 1. The van der Waals surface area contributed by atoms with Crippen molar-refractivity contribution >= 4 is 5.78 Å². The van der Waals surface area contributed by atoms with Crippen LogP contribution in [0.25, 0.3) is 0 Å². The van der Waals surface area contributed by atoms with E-state index >= 15 is 0 Å². The molecule has 0 aromatic heterocycles. The zero-order valence-electron chi connectivity index (χ0n) is 13.8. The molecule has 0 heterocycles. The van der Waals surface area contributed by atoms with E-state index in [-0.39, 0.29) is 5.78 Å². The van der Waals surface area contributed by atoms with E-state index < -0.39 is 0 Å². The highest BCUT2D eigenvalue weighted by Gasteiger charge is 2.39. The monoisotopic (exact) mass is 312 g/mol. The third-order valence-electron chi connectivity index (χ3n) is 4.93. The first-order chi connectivity index (χ1) is 11.7. The van der Waals surface area contributed by atoms with Crippen LogP contribution in [0.4, 0.5) is 0 Å². The van der Waals surface area contributed by atoms with Crippen molar-refractivity contribution in [3.05, 3.63) is 107 Å². The number of carbonyl (C=O) groups excluding carboxylic acids is 1. The van der Waals surface area contributed by atoms with Crippen molar-refractivity contribution in [2.45, 2.75) is 25.2 Å². The van der Waals surface area contributed by atoms with E-state index in [2.05, 4.69) is 42.5 Å². The quantitative estimate of drug-likeness (QED) is 0.582. The SMILES string of the molecule is Cc1ccc(C(=O)c2ccc(C3C[C@@H]3c3ccccc3)cc2)cc1. The second kappa shape index (κ2) is 6.09. The second-order valence-electron chi connectivity index (χ2n) is 6.68. The lowest BCUT2D eigenvalue weighted by Crippen LogP contribution is -2.01.